The number of halogens is 4. The minimum atomic E-state index is -0.532. The van der Waals surface area contributed by atoms with E-state index in [-0.39, 0.29) is 23.2 Å². The maximum atomic E-state index is 13.4. The maximum absolute atomic E-state index is 13.4. The zero-order valence-electron chi connectivity index (χ0n) is 10.00. The number of benzene rings is 2. The lowest BCUT2D eigenvalue weighted by Crippen LogP contribution is -2.12. The fourth-order valence-electron chi connectivity index (χ4n) is 1.48. The van der Waals surface area contributed by atoms with E-state index in [0.29, 0.717) is 15.1 Å². The van der Waals surface area contributed by atoms with E-state index in [1.807, 2.05) is 0 Å². The number of hydrogen-bond acceptors (Lipinski definition) is 2. The lowest BCUT2D eigenvalue weighted by Gasteiger charge is -2.07. The Morgan fingerprint density at radius 2 is 1.90 bits per heavy atom. The molecule has 0 unspecified atom stereocenters. The smallest absolute Gasteiger partial charge is 0.200 e. The molecule has 0 aliphatic rings. The highest BCUT2D eigenvalue weighted by Gasteiger charge is 2.11. The molecule has 0 bridgehead atoms. The topological polar surface area (TPSA) is 26.3 Å². The lowest BCUT2D eigenvalue weighted by molar-refractivity contribution is 0.0918. The summed E-state index contributed by atoms with van der Waals surface area (Å²) in [4.78, 5) is 11.9. The van der Waals surface area contributed by atoms with E-state index in [2.05, 4.69) is 15.9 Å². The van der Waals surface area contributed by atoms with Crippen LogP contribution in [0.3, 0.4) is 0 Å². The molecule has 0 saturated heterocycles. The van der Waals surface area contributed by atoms with E-state index < -0.39 is 5.82 Å². The minimum absolute atomic E-state index is 0.00721. The van der Waals surface area contributed by atoms with Crippen LogP contribution in [0, 0.1) is 5.82 Å². The van der Waals surface area contributed by atoms with Gasteiger partial charge in [-0.25, -0.2) is 4.39 Å². The van der Waals surface area contributed by atoms with Crippen molar-refractivity contribution in [2.75, 3.05) is 6.61 Å². The van der Waals surface area contributed by atoms with E-state index in [1.54, 1.807) is 6.07 Å². The second-order valence-electron chi connectivity index (χ2n) is 3.92. The number of carbonyl (C=O) groups excluding carboxylic acids is 1. The quantitative estimate of drug-likeness (QED) is 0.688. The van der Waals surface area contributed by atoms with Gasteiger partial charge in [0.15, 0.2) is 24.0 Å². The summed E-state index contributed by atoms with van der Waals surface area (Å²) in [5.74, 6) is -0.842. The van der Waals surface area contributed by atoms with Crippen LogP contribution in [0.4, 0.5) is 4.39 Å². The third kappa shape index (κ3) is 3.72. The molecule has 2 aromatic rings. The Morgan fingerprint density at radius 1 is 1.15 bits per heavy atom. The van der Waals surface area contributed by atoms with Crippen LogP contribution in [0.1, 0.15) is 10.4 Å². The molecule has 0 heterocycles. The van der Waals surface area contributed by atoms with Crippen molar-refractivity contribution in [3.63, 3.8) is 0 Å². The third-order valence-corrected chi connectivity index (χ3v) is 3.73. The van der Waals surface area contributed by atoms with Gasteiger partial charge in [-0.2, -0.15) is 0 Å². The van der Waals surface area contributed by atoms with Gasteiger partial charge in [0.1, 0.15) is 0 Å². The summed E-state index contributed by atoms with van der Waals surface area (Å²) in [6, 6.07) is 8.77. The Hall–Kier alpha value is -1.10. The second-order valence-corrected chi connectivity index (χ2v) is 5.65. The summed E-state index contributed by atoms with van der Waals surface area (Å²) in [7, 11) is 0. The first-order chi connectivity index (χ1) is 9.47. The highest BCUT2D eigenvalue weighted by Crippen LogP contribution is 2.24. The average Bonchev–Trinajstić information content (AvgIpc) is 2.42. The zero-order chi connectivity index (χ0) is 14.7. The van der Waals surface area contributed by atoms with E-state index in [4.69, 9.17) is 27.9 Å². The Kier molecular flexibility index (Phi) is 5.02. The second kappa shape index (κ2) is 6.57. The Morgan fingerprint density at radius 3 is 2.60 bits per heavy atom. The first-order valence-electron chi connectivity index (χ1n) is 5.53. The van der Waals surface area contributed by atoms with Gasteiger partial charge < -0.3 is 4.74 Å². The van der Waals surface area contributed by atoms with Crippen LogP contribution in [0.25, 0.3) is 0 Å². The molecule has 0 fully saturated rings. The van der Waals surface area contributed by atoms with E-state index in [9.17, 15) is 9.18 Å². The van der Waals surface area contributed by atoms with Crippen molar-refractivity contribution in [3.8, 4) is 5.75 Å². The van der Waals surface area contributed by atoms with E-state index in [1.165, 1.54) is 30.3 Å². The molecule has 0 N–H and O–H groups in total. The Labute approximate surface area is 133 Å². The van der Waals surface area contributed by atoms with Crippen LogP contribution in [0.15, 0.2) is 40.9 Å². The fourth-order valence-corrected chi connectivity index (χ4v) is 2.12. The molecule has 20 heavy (non-hydrogen) atoms. The number of Topliss-reactive ketones (excluding diaryl/α,β-unsaturated/α-hetero) is 1. The van der Waals surface area contributed by atoms with Gasteiger partial charge >= 0.3 is 0 Å². The zero-order valence-corrected chi connectivity index (χ0v) is 13.1. The van der Waals surface area contributed by atoms with E-state index >= 15 is 0 Å². The Bertz CT molecular complexity index is 662. The molecule has 0 spiro atoms. The number of carbonyl (C=O) groups is 1. The van der Waals surface area contributed by atoms with Gasteiger partial charge in [0.05, 0.1) is 10.0 Å². The molecule has 0 radical (unpaired) electrons. The van der Waals surface area contributed by atoms with Gasteiger partial charge in [0.2, 0.25) is 0 Å². The third-order valence-electron chi connectivity index (χ3n) is 2.49. The predicted molar refractivity (Wildman–Crippen MR) is 80.4 cm³/mol. The molecule has 0 saturated carbocycles. The standard InChI is InChI=1S/C14H8BrCl2FO2/c15-9-2-4-12(18)14(6-9)20-7-13(19)8-1-3-10(16)11(17)5-8/h1-6H,7H2. The molecule has 2 nitrogen and oxygen atoms in total. The monoisotopic (exact) mass is 376 g/mol. The molecule has 0 aromatic heterocycles. The van der Waals surface area contributed by atoms with Crippen LogP contribution in [-0.2, 0) is 0 Å². The van der Waals surface area contributed by atoms with Gasteiger partial charge in [-0.3, -0.25) is 4.79 Å². The summed E-state index contributed by atoms with van der Waals surface area (Å²) in [6.07, 6.45) is 0. The molecule has 6 heteroatoms. The van der Waals surface area contributed by atoms with Crippen molar-refractivity contribution in [3.05, 3.63) is 62.3 Å². The van der Waals surface area contributed by atoms with Crippen molar-refractivity contribution in [2.24, 2.45) is 0 Å². The van der Waals surface area contributed by atoms with Crippen molar-refractivity contribution >= 4 is 44.9 Å². The molecular weight excluding hydrogens is 370 g/mol. The van der Waals surface area contributed by atoms with Gasteiger partial charge in [0.25, 0.3) is 0 Å². The van der Waals surface area contributed by atoms with Gasteiger partial charge in [-0.05, 0) is 36.4 Å². The number of ketones is 1. The van der Waals surface area contributed by atoms with Crippen molar-refractivity contribution in [1.82, 2.24) is 0 Å². The molecule has 2 rings (SSSR count). The first-order valence-corrected chi connectivity index (χ1v) is 7.08. The summed E-state index contributed by atoms with van der Waals surface area (Å²) in [6.45, 7) is -0.286. The number of hydrogen-bond donors (Lipinski definition) is 0. The highest BCUT2D eigenvalue weighted by molar-refractivity contribution is 9.10. The molecule has 104 valence electrons. The van der Waals surface area contributed by atoms with Crippen LogP contribution >= 0.6 is 39.1 Å². The summed E-state index contributed by atoms with van der Waals surface area (Å²) < 4.78 is 19.3. The van der Waals surface area contributed by atoms with Crippen LogP contribution < -0.4 is 4.74 Å². The minimum Gasteiger partial charge on any atom is -0.482 e. The average molecular weight is 378 g/mol. The van der Waals surface area contributed by atoms with Gasteiger partial charge in [-0.1, -0.05) is 39.1 Å². The normalized spacial score (nSPS) is 10.4. The molecule has 0 atom stereocenters. The molecular formula is C14H8BrCl2FO2. The van der Waals surface area contributed by atoms with Gasteiger partial charge in [-0.15, -0.1) is 0 Å². The predicted octanol–water partition coefficient (Wildman–Crippen LogP) is 5.16. The highest BCUT2D eigenvalue weighted by atomic mass is 79.9. The van der Waals surface area contributed by atoms with Crippen molar-refractivity contribution in [1.29, 1.82) is 0 Å². The van der Waals surface area contributed by atoms with Crippen molar-refractivity contribution in [2.45, 2.75) is 0 Å². The Balaban J connectivity index is 2.08. The molecule has 0 aliphatic carbocycles. The molecule has 0 aliphatic heterocycles. The lowest BCUT2D eigenvalue weighted by atomic mass is 10.1. The van der Waals surface area contributed by atoms with Crippen LogP contribution in [0.5, 0.6) is 5.75 Å². The van der Waals surface area contributed by atoms with Crippen LogP contribution in [-0.4, -0.2) is 12.4 Å². The first kappa shape index (κ1) is 15.3. The van der Waals surface area contributed by atoms with Gasteiger partial charge in [0, 0.05) is 10.0 Å². The maximum Gasteiger partial charge on any atom is 0.200 e. The fraction of sp³-hybridized carbons (Fsp3) is 0.0714. The summed E-state index contributed by atoms with van der Waals surface area (Å²) >= 11 is 14.8. The van der Waals surface area contributed by atoms with Crippen molar-refractivity contribution < 1.29 is 13.9 Å². The SMILES string of the molecule is O=C(COc1cc(Br)ccc1F)c1ccc(Cl)c(Cl)c1. The summed E-state index contributed by atoms with van der Waals surface area (Å²) in [5.41, 5.74) is 0.356. The largest absolute Gasteiger partial charge is 0.482 e. The van der Waals surface area contributed by atoms with E-state index in [0.717, 1.165) is 0 Å². The number of rotatable bonds is 4. The summed E-state index contributed by atoms with van der Waals surface area (Å²) in [5, 5.41) is 0.647. The van der Waals surface area contributed by atoms with Crippen LogP contribution in [0.2, 0.25) is 10.0 Å². The molecule has 0 amide bonds. The number of ether oxygens (including phenoxy) is 1. The molecule has 2 aromatic carbocycles.